The van der Waals surface area contributed by atoms with Crippen molar-refractivity contribution in [1.82, 2.24) is 0 Å². The number of ether oxygens (including phenoxy) is 2. The van der Waals surface area contributed by atoms with E-state index in [1.165, 1.54) is 30.3 Å². The van der Waals surface area contributed by atoms with Gasteiger partial charge < -0.3 is 14.4 Å². The van der Waals surface area contributed by atoms with Gasteiger partial charge in [-0.15, -0.1) is 13.2 Å². The lowest BCUT2D eigenvalue weighted by molar-refractivity contribution is -0.384. The summed E-state index contributed by atoms with van der Waals surface area (Å²) in [6.45, 7) is 1.09. The van der Waals surface area contributed by atoms with E-state index in [-0.39, 0.29) is 28.3 Å². The van der Waals surface area contributed by atoms with E-state index in [9.17, 15) is 23.3 Å². The largest absolute Gasteiger partial charge is 0.573 e. The van der Waals surface area contributed by atoms with Crippen LogP contribution in [0.5, 0.6) is 11.5 Å². The van der Waals surface area contributed by atoms with Gasteiger partial charge in [-0.1, -0.05) is 23.7 Å². The number of hydrogen-bond acceptors (Lipinski definition) is 5. The summed E-state index contributed by atoms with van der Waals surface area (Å²) in [5.74, 6) is -0.345. The van der Waals surface area contributed by atoms with Crippen LogP contribution in [0.2, 0.25) is 5.02 Å². The molecular weight excluding hydrogens is 401 g/mol. The van der Waals surface area contributed by atoms with Crippen LogP contribution in [0.15, 0.2) is 42.5 Å². The molecule has 0 N–H and O–H groups in total. The zero-order valence-electron chi connectivity index (χ0n) is 14.5. The van der Waals surface area contributed by atoms with Crippen LogP contribution < -0.4 is 14.4 Å². The lowest BCUT2D eigenvalue weighted by atomic mass is 10.1. The second-order valence-corrected chi connectivity index (χ2v) is 6.60. The van der Waals surface area contributed by atoms with Crippen molar-refractivity contribution in [3.8, 4) is 11.5 Å². The Hall–Kier alpha value is -2.68. The zero-order valence-corrected chi connectivity index (χ0v) is 15.2. The molecule has 2 aromatic carbocycles. The van der Waals surface area contributed by atoms with Crippen LogP contribution in [-0.2, 0) is 0 Å². The van der Waals surface area contributed by atoms with E-state index in [0.29, 0.717) is 31.6 Å². The highest BCUT2D eigenvalue weighted by Crippen LogP contribution is 2.35. The van der Waals surface area contributed by atoms with Crippen molar-refractivity contribution in [2.24, 2.45) is 0 Å². The second kappa shape index (κ2) is 8.14. The maximum absolute atomic E-state index is 12.5. The van der Waals surface area contributed by atoms with Crippen LogP contribution in [0.4, 0.5) is 24.5 Å². The summed E-state index contributed by atoms with van der Waals surface area (Å²) in [6, 6.07) is 9.92. The number of non-ortho nitro benzene ring substituents is 1. The minimum Gasteiger partial charge on any atom is -0.486 e. The molecule has 0 bridgehead atoms. The smallest absolute Gasteiger partial charge is 0.486 e. The predicted molar refractivity (Wildman–Crippen MR) is 97.1 cm³/mol. The Labute approximate surface area is 163 Å². The molecule has 150 valence electrons. The van der Waals surface area contributed by atoms with Crippen molar-refractivity contribution in [2.45, 2.75) is 25.3 Å². The Bertz CT molecular complexity index is 855. The van der Waals surface area contributed by atoms with Crippen LogP contribution >= 0.6 is 11.6 Å². The van der Waals surface area contributed by atoms with E-state index in [2.05, 4.69) is 4.74 Å². The number of nitro groups is 1. The number of hydrogen-bond donors (Lipinski definition) is 0. The number of nitro benzene ring substituents is 1. The Kier molecular flexibility index (Phi) is 5.83. The Morgan fingerprint density at radius 2 is 1.75 bits per heavy atom. The second-order valence-electron chi connectivity index (χ2n) is 6.19. The molecule has 0 unspecified atom stereocenters. The van der Waals surface area contributed by atoms with Gasteiger partial charge in [0, 0.05) is 38.1 Å². The van der Waals surface area contributed by atoms with Crippen molar-refractivity contribution in [1.29, 1.82) is 0 Å². The molecule has 1 fully saturated rings. The molecule has 1 aliphatic heterocycles. The first-order valence-electron chi connectivity index (χ1n) is 8.43. The Morgan fingerprint density at radius 3 is 2.32 bits per heavy atom. The number of para-hydroxylation sites is 2. The number of alkyl halides is 3. The SMILES string of the molecule is O=[N+]([O-])c1ccc(N2CCC(Oc3ccccc3OC(F)(F)F)CC2)c(Cl)c1. The summed E-state index contributed by atoms with van der Waals surface area (Å²) in [5.41, 5.74) is 0.583. The fraction of sp³-hybridized carbons (Fsp3) is 0.333. The molecule has 1 saturated heterocycles. The van der Waals surface area contributed by atoms with E-state index in [0.717, 1.165) is 0 Å². The minimum absolute atomic E-state index is 0.0339. The van der Waals surface area contributed by atoms with Gasteiger partial charge in [-0.2, -0.15) is 0 Å². The maximum Gasteiger partial charge on any atom is 0.573 e. The van der Waals surface area contributed by atoms with Crippen LogP contribution in [0.3, 0.4) is 0 Å². The molecule has 10 heteroatoms. The van der Waals surface area contributed by atoms with Crippen LogP contribution in [0, 0.1) is 10.1 Å². The highest BCUT2D eigenvalue weighted by molar-refractivity contribution is 6.33. The average molecular weight is 417 g/mol. The van der Waals surface area contributed by atoms with E-state index in [1.54, 1.807) is 12.1 Å². The molecule has 2 aromatic rings. The van der Waals surface area contributed by atoms with E-state index in [4.69, 9.17) is 16.3 Å². The molecule has 0 atom stereocenters. The van der Waals surface area contributed by atoms with Gasteiger partial charge >= 0.3 is 6.36 Å². The van der Waals surface area contributed by atoms with E-state index < -0.39 is 11.3 Å². The quantitative estimate of drug-likeness (QED) is 0.495. The topological polar surface area (TPSA) is 64.8 Å². The summed E-state index contributed by atoms with van der Waals surface area (Å²) in [4.78, 5) is 12.3. The molecule has 0 amide bonds. The van der Waals surface area contributed by atoms with E-state index >= 15 is 0 Å². The molecule has 0 aliphatic carbocycles. The van der Waals surface area contributed by atoms with Crippen molar-refractivity contribution in [3.63, 3.8) is 0 Å². The van der Waals surface area contributed by atoms with Gasteiger partial charge in [-0.05, 0) is 18.2 Å². The number of anilines is 1. The van der Waals surface area contributed by atoms with Gasteiger partial charge in [0.15, 0.2) is 11.5 Å². The van der Waals surface area contributed by atoms with Gasteiger partial charge in [0.25, 0.3) is 5.69 Å². The van der Waals surface area contributed by atoms with Gasteiger partial charge in [0.05, 0.1) is 15.6 Å². The predicted octanol–water partition coefficient (Wildman–Crippen LogP) is 5.19. The first-order valence-corrected chi connectivity index (χ1v) is 8.81. The minimum atomic E-state index is -4.80. The molecule has 1 heterocycles. The summed E-state index contributed by atoms with van der Waals surface area (Å²) >= 11 is 6.15. The lowest BCUT2D eigenvalue weighted by Crippen LogP contribution is -2.38. The molecular formula is C18H16ClF3N2O4. The van der Waals surface area contributed by atoms with Crippen molar-refractivity contribution < 1.29 is 27.6 Å². The van der Waals surface area contributed by atoms with E-state index in [1.807, 2.05) is 4.90 Å². The van der Waals surface area contributed by atoms with Crippen molar-refractivity contribution in [2.75, 3.05) is 18.0 Å². The summed E-state index contributed by atoms with van der Waals surface area (Å²) in [7, 11) is 0. The normalized spacial score (nSPS) is 15.4. The zero-order chi connectivity index (χ0) is 20.3. The molecule has 0 saturated carbocycles. The average Bonchev–Trinajstić information content (AvgIpc) is 2.63. The summed E-state index contributed by atoms with van der Waals surface area (Å²) in [5, 5.41) is 11.1. The van der Waals surface area contributed by atoms with Crippen molar-refractivity contribution in [3.05, 3.63) is 57.6 Å². The fourth-order valence-electron chi connectivity index (χ4n) is 3.02. The monoisotopic (exact) mass is 416 g/mol. The fourth-order valence-corrected chi connectivity index (χ4v) is 3.31. The number of halogens is 4. The number of benzene rings is 2. The highest BCUT2D eigenvalue weighted by Gasteiger charge is 2.33. The standard InChI is InChI=1S/C18H16ClF3N2O4/c19-14-11-12(24(25)26)5-6-15(14)23-9-7-13(8-10-23)27-16-3-1-2-4-17(16)28-18(20,21)22/h1-6,11,13H,7-10H2. The molecule has 0 aromatic heterocycles. The van der Waals surface area contributed by atoms with Crippen molar-refractivity contribution >= 4 is 23.0 Å². The van der Waals surface area contributed by atoms with Crippen LogP contribution in [0.1, 0.15) is 12.8 Å². The molecule has 28 heavy (non-hydrogen) atoms. The molecule has 6 nitrogen and oxygen atoms in total. The third kappa shape index (κ3) is 4.98. The summed E-state index contributed by atoms with van der Waals surface area (Å²) < 4.78 is 47.3. The third-order valence-corrected chi connectivity index (χ3v) is 4.60. The van der Waals surface area contributed by atoms with Gasteiger partial charge in [-0.3, -0.25) is 10.1 Å². The number of rotatable bonds is 5. The first kappa shape index (κ1) is 20.1. The van der Waals surface area contributed by atoms with Crippen LogP contribution in [0.25, 0.3) is 0 Å². The van der Waals surface area contributed by atoms with Gasteiger partial charge in [-0.25, -0.2) is 0 Å². The Morgan fingerprint density at radius 1 is 1.11 bits per heavy atom. The third-order valence-electron chi connectivity index (χ3n) is 4.29. The summed E-state index contributed by atoms with van der Waals surface area (Å²) in [6.07, 6.45) is -3.98. The van der Waals surface area contributed by atoms with Gasteiger partial charge in [0.1, 0.15) is 6.10 Å². The molecule has 0 spiro atoms. The molecule has 0 radical (unpaired) electrons. The lowest BCUT2D eigenvalue weighted by Gasteiger charge is -2.34. The maximum atomic E-state index is 12.5. The molecule has 1 aliphatic rings. The van der Waals surface area contributed by atoms with Crippen LogP contribution in [-0.4, -0.2) is 30.5 Å². The Balaban J connectivity index is 1.63. The number of nitrogens with zero attached hydrogens (tertiary/aromatic N) is 2. The number of piperidine rings is 1. The first-order chi connectivity index (χ1) is 13.2. The molecule has 3 rings (SSSR count). The highest BCUT2D eigenvalue weighted by atomic mass is 35.5. The van der Waals surface area contributed by atoms with Gasteiger partial charge in [0.2, 0.25) is 0 Å².